The van der Waals surface area contributed by atoms with Crippen molar-refractivity contribution in [3.63, 3.8) is 0 Å². The van der Waals surface area contributed by atoms with Crippen LogP contribution in [0.3, 0.4) is 0 Å². The highest BCUT2D eigenvalue weighted by Crippen LogP contribution is 2.43. The van der Waals surface area contributed by atoms with E-state index in [9.17, 15) is 23.8 Å². The van der Waals surface area contributed by atoms with Gasteiger partial charge >= 0.3 is 19.8 Å². The Bertz CT molecular complexity index is 1500. The van der Waals surface area contributed by atoms with Crippen LogP contribution < -0.4 is 0 Å². The predicted octanol–water partition coefficient (Wildman–Crippen LogP) is 11.5. The molecule has 0 aliphatic heterocycles. The number of rotatable bonds is 37. The Morgan fingerprint density at radius 1 is 0.683 bits per heavy atom. The number of allylic oxidation sites excluding steroid dienone is 8. The molecule has 1 heterocycles. The van der Waals surface area contributed by atoms with Crippen LogP contribution in [0.1, 0.15) is 158 Å². The number of carbonyl (C=O) groups is 3. The van der Waals surface area contributed by atoms with Crippen LogP contribution in [0, 0.1) is 13.8 Å². The number of esters is 2. The summed E-state index contributed by atoms with van der Waals surface area (Å²) in [6.07, 6.45) is 32.7. The van der Waals surface area contributed by atoms with Gasteiger partial charge in [-0.15, -0.1) is 0 Å². The number of nitrogens with zero attached hydrogens (tertiary/aromatic N) is 1. The summed E-state index contributed by atoms with van der Waals surface area (Å²) in [5.74, 6) is 1.50. The summed E-state index contributed by atoms with van der Waals surface area (Å²) in [7, 11) is 1.37. The molecular formula is C48H81NO10P+. The zero-order valence-electron chi connectivity index (χ0n) is 38.4. The van der Waals surface area contributed by atoms with Crippen molar-refractivity contribution in [2.75, 3.05) is 47.5 Å². The van der Waals surface area contributed by atoms with E-state index in [1.165, 1.54) is 30.4 Å². The van der Waals surface area contributed by atoms with E-state index < -0.39 is 32.5 Å². The standard InChI is InChI=1S/C48H80NO10P/c1-8-10-25-31-43(50)32-27-21-17-15-13-12-14-16-18-24-30-36-48(52)58-44(40-57-60(53,54)56-38-37-49(5,6)7)39-55-47(51)35-29-23-20-19-22-28-34-46-42(4)41(3)45(59-46)33-26-11-9-2/h12-13,16-18,21,27,32,44H,8-11,14-15,19-20,22-26,28-31,33-40H2,1-7H3/p+1/b13-12-,18-16-,21-17-,32-27+/t44-/m1/s1. The number of ketones is 1. The summed E-state index contributed by atoms with van der Waals surface area (Å²) < 4.78 is 40.5. The van der Waals surface area contributed by atoms with Crippen molar-refractivity contribution in [3.05, 3.63) is 71.3 Å². The molecule has 1 unspecified atom stereocenters. The molecule has 0 saturated heterocycles. The topological polar surface area (TPSA) is 139 Å². The van der Waals surface area contributed by atoms with E-state index in [0.717, 1.165) is 88.6 Å². The molecule has 1 rings (SSSR count). The highest BCUT2D eigenvalue weighted by molar-refractivity contribution is 7.47. The number of ether oxygens (including phenoxy) is 2. The minimum atomic E-state index is -4.42. The van der Waals surface area contributed by atoms with Crippen molar-refractivity contribution in [1.82, 2.24) is 0 Å². The second kappa shape index (κ2) is 33.5. The van der Waals surface area contributed by atoms with Gasteiger partial charge in [0, 0.05) is 32.1 Å². The molecule has 60 heavy (non-hydrogen) atoms. The molecule has 11 nitrogen and oxygen atoms in total. The van der Waals surface area contributed by atoms with Gasteiger partial charge in [-0.1, -0.05) is 108 Å². The van der Waals surface area contributed by atoms with E-state index in [0.29, 0.717) is 36.7 Å². The van der Waals surface area contributed by atoms with Crippen LogP contribution in [0.15, 0.2) is 53.0 Å². The van der Waals surface area contributed by atoms with Crippen molar-refractivity contribution in [3.8, 4) is 0 Å². The summed E-state index contributed by atoms with van der Waals surface area (Å²) in [6.45, 7) is 8.41. The van der Waals surface area contributed by atoms with Crippen LogP contribution in [-0.4, -0.2) is 80.7 Å². The molecule has 0 spiro atoms. The highest BCUT2D eigenvalue weighted by atomic mass is 31.2. The average Bonchev–Trinajstić information content (AvgIpc) is 3.46. The Morgan fingerprint density at radius 3 is 1.92 bits per heavy atom. The van der Waals surface area contributed by atoms with Gasteiger partial charge in [-0.2, -0.15) is 0 Å². The first-order chi connectivity index (χ1) is 28.7. The van der Waals surface area contributed by atoms with Crippen molar-refractivity contribution in [2.45, 2.75) is 169 Å². The molecular weight excluding hydrogens is 781 g/mol. The lowest BCUT2D eigenvalue weighted by Gasteiger charge is -2.24. The van der Waals surface area contributed by atoms with Gasteiger partial charge < -0.3 is 23.3 Å². The van der Waals surface area contributed by atoms with E-state index in [1.807, 2.05) is 45.4 Å². The van der Waals surface area contributed by atoms with Crippen LogP contribution >= 0.6 is 7.82 Å². The molecule has 0 amide bonds. The minimum absolute atomic E-state index is 0.000532. The minimum Gasteiger partial charge on any atom is -0.466 e. The number of likely N-dealkylation sites (N-methyl/N-ethyl adjacent to an activating group) is 1. The number of carbonyl (C=O) groups excluding carboxylic acids is 3. The first kappa shape index (κ1) is 54.9. The summed E-state index contributed by atoms with van der Waals surface area (Å²) in [5, 5.41) is 0. The monoisotopic (exact) mass is 863 g/mol. The van der Waals surface area contributed by atoms with Gasteiger partial charge in [-0.25, -0.2) is 4.57 Å². The maximum Gasteiger partial charge on any atom is 0.472 e. The number of phosphoric acid groups is 1. The molecule has 2 atom stereocenters. The molecule has 1 N–H and O–H groups in total. The van der Waals surface area contributed by atoms with Crippen LogP contribution in [0.2, 0.25) is 0 Å². The van der Waals surface area contributed by atoms with Gasteiger partial charge in [0.2, 0.25) is 0 Å². The first-order valence-corrected chi connectivity index (χ1v) is 24.2. The number of quaternary nitrogens is 1. The zero-order chi connectivity index (χ0) is 44.5. The maximum absolute atomic E-state index is 12.7. The maximum atomic E-state index is 12.7. The molecule has 1 aromatic rings. The molecule has 0 aliphatic rings. The number of unbranched alkanes of at least 4 members (excludes halogenated alkanes) is 10. The van der Waals surface area contributed by atoms with Crippen molar-refractivity contribution in [2.24, 2.45) is 0 Å². The van der Waals surface area contributed by atoms with Gasteiger partial charge in [-0.3, -0.25) is 23.4 Å². The Labute approximate surface area is 363 Å². The van der Waals surface area contributed by atoms with Gasteiger partial charge in [-0.05, 0) is 82.4 Å². The lowest BCUT2D eigenvalue weighted by atomic mass is 10.0. The molecule has 0 fully saturated rings. The highest BCUT2D eigenvalue weighted by Gasteiger charge is 2.27. The van der Waals surface area contributed by atoms with Gasteiger partial charge in [0.15, 0.2) is 11.9 Å². The Kier molecular flexibility index (Phi) is 30.7. The van der Waals surface area contributed by atoms with Gasteiger partial charge in [0.25, 0.3) is 0 Å². The normalized spacial score (nSPS) is 13.9. The van der Waals surface area contributed by atoms with Crippen molar-refractivity contribution >= 4 is 25.5 Å². The Morgan fingerprint density at radius 2 is 1.25 bits per heavy atom. The summed E-state index contributed by atoms with van der Waals surface area (Å²) in [6, 6.07) is 0. The average molecular weight is 863 g/mol. The molecule has 1 aromatic heterocycles. The third-order valence-corrected chi connectivity index (χ3v) is 11.0. The van der Waals surface area contributed by atoms with Gasteiger partial charge in [0.05, 0.1) is 27.7 Å². The number of hydrogen-bond acceptors (Lipinski definition) is 9. The Balaban J connectivity index is 2.44. The largest absolute Gasteiger partial charge is 0.472 e. The first-order valence-electron chi connectivity index (χ1n) is 22.7. The van der Waals surface area contributed by atoms with E-state index in [-0.39, 0.29) is 31.8 Å². The molecule has 0 aliphatic carbocycles. The third kappa shape index (κ3) is 30.0. The van der Waals surface area contributed by atoms with Crippen LogP contribution in [0.25, 0.3) is 0 Å². The molecule has 0 aromatic carbocycles. The summed E-state index contributed by atoms with van der Waals surface area (Å²) >= 11 is 0. The third-order valence-electron chi connectivity index (χ3n) is 10.0. The molecule has 0 radical (unpaired) electrons. The lowest BCUT2D eigenvalue weighted by molar-refractivity contribution is -0.870. The number of aryl methyl sites for hydroxylation is 2. The number of hydrogen-bond donors (Lipinski definition) is 1. The fourth-order valence-corrected chi connectivity index (χ4v) is 6.88. The fourth-order valence-electron chi connectivity index (χ4n) is 6.14. The smallest absolute Gasteiger partial charge is 0.466 e. The molecule has 12 heteroatoms. The SMILES string of the molecule is CCCCCC(=O)/C=C/C=C\C/C=C\C/C=C\CCCC(=O)O[C@H](COC(=O)CCCCCCCCc1oc(CCCCC)c(C)c1C)COP(=O)(O)OCC[N+](C)(C)C. The van der Waals surface area contributed by atoms with Crippen LogP contribution in [-0.2, 0) is 50.3 Å². The second-order valence-electron chi connectivity index (χ2n) is 16.7. The quantitative estimate of drug-likeness (QED) is 0.0131. The van der Waals surface area contributed by atoms with E-state index >= 15 is 0 Å². The lowest BCUT2D eigenvalue weighted by Crippen LogP contribution is -2.37. The summed E-state index contributed by atoms with van der Waals surface area (Å²) in [5.41, 5.74) is 2.59. The Hall–Kier alpha value is -3.08. The van der Waals surface area contributed by atoms with E-state index in [2.05, 4.69) is 39.8 Å². The predicted molar refractivity (Wildman–Crippen MR) is 242 cm³/mol. The molecule has 0 bridgehead atoms. The van der Waals surface area contributed by atoms with E-state index in [4.69, 9.17) is 22.9 Å². The number of furan rings is 1. The van der Waals surface area contributed by atoms with Crippen molar-refractivity contribution < 1.29 is 51.3 Å². The second-order valence-corrected chi connectivity index (χ2v) is 18.2. The molecule has 0 saturated carbocycles. The fraction of sp³-hybridized carbons (Fsp3) is 0.688. The zero-order valence-corrected chi connectivity index (χ0v) is 39.3. The van der Waals surface area contributed by atoms with Crippen molar-refractivity contribution in [1.29, 1.82) is 0 Å². The molecule has 342 valence electrons. The van der Waals surface area contributed by atoms with Crippen LogP contribution in [0.4, 0.5) is 0 Å². The van der Waals surface area contributed by atoms with E-state index in [1.54, 1.807) is 12.2 Å². The van der Waals surface area contributed by atoms with Gasteiger partial charge in [0.1, 0.15) is 31.3 Å². The summed E-state index contributed by atoms with van der Waals surface area (Å²) in [4.78, 5) is 47.3. The van der Waals surface area contributed by atoms with Crippen LogP contribution in [0.5, 0.6) is 0 Å². The number of phosphoric ester groups is 1.